The molecule has 0 bridgehead atoms. The molecule has 0 aromatic heterocycles. The Morgan fingerprint density at radius 3 is 2.46 bits per heavy atom. The summed E-state index contributed by atoms with van der Waals surface area (Å²) in [6.07, 6.45) is 0.494. The standard InChI is InChI=1S/C17H16ClFN2O3/c1-24-15-7-6-13(10-14(15)18)21-17(23)16(22)20-9-8-11-2-4-12(19)5-3-11/h2-7,10H,8-9H2,1H3,(H,20,22)(H,21,23). The van der Waals surface area contributed by atoms with Crippen LogP contribution in [0.5, 0.6) is 5.75 Å². The lowest BCUT2D eigenvalue weighted by atomic mass is 10.1. The highest BCUT2D eigenvalue weighted by Crippen LogP contribution is 2.27. The Kier molecular flexibility index (Phi) is 6.14. The molecule has 0 fully saturated rings. The molecule has 0 aliphatic heterocycles. The molecular weight excluding hydrogens is 335 g/mol. The Balaban J connectivity index is 1.82. The van der Waals surface area contributed by atoms with Crippen LogP contribution in [0.25, 0.3) is 0 Å². The first kappa shape index (κ1) is 17.7. The number of methoxy groups -OCH3 is 1. The van der Waals surface area contributed by atoms with Crippen LogP contribution in [0, 0.1) is 5.82 Å². The first-order valence-corrected chi connectivity index (χ1v) is 7.54. The van der Waals surface area contributed by atoms with Crippen LogP contribution in [-0.2, 0) is 16.0 Å². The summed E-state index contributed by atoms with van der Waals surface area (Å²) in [7, 11) is 1.48. The molecule has 0 heterocycles. The summed E-state index contributed by atoms with van der Waals surface area (Å²) in [4.78, 5) is 23.6. The van der Waals surface area contributed by atoms with Crippen molar-refractivity contribution in [2.75, 3.05) is 19.0 Å². The van der Waals surface area contributed by atoms with Gasteiger partial charge in [-0.3, -0.25) is 9.59 Å². The van der Waals surface area contributed by atoms with Crippen molar-refractivity contribution in [3.05, 3.63) is 58.9 Å². The van der Waals surface area contributed by atoms with E-state index in [2.05, 4.69) is 10.6 Å². The first-order valence-electron chi connectivity index (χ1n) is 7.17. The topological polar surface area (TPSA) is 67.4 Å². The van der Waals surface area contributed by atoms with E-state index < -0.39 is 11.8 Å². The van der Waals surface area contributed by atoms with Crippen LogP contribution in [0.2, 0.25) is 5.02 Å². The SMILES string of the molecule is COc1ccc(NC(=O)C(=O)NCCc2ccc(F)cc2)cc1Cl. The van der Waals surface area contributed by atoms with Gasteiger partial charge < -0.3 is 15.4 Å². The van der Waals surface area contributed by atoms with Gasteiger partial charge in [0, 0.05) is 12.2 Å². The van der Waals surface area contributed by atoms with E-state index in [0.29, 0.717) is 22.9 Å². The van der Waals surface area contributed by atoms with Crippen molar-refractivity contribution in [2.45, 2.75) is 6.42 Å². The maximum absolute atomic E-state index is 12.8. The van der Waals surface area contributed by atoms with Crippen LogP contribution in [0.4, 0.5) is 10.1 Å². The third-order valence-electron chi connectivity index (χ3n) is 3.23. The Hall–Kier alpha value is -2.60. The van der Waals surface area contributed by atoms with E-state index in [-0.39, 0.29) is 12.4 Å². The zero-order chi connectivity index (χ0) is 17.5. The molecule has 0 saturated carbocycles. The molecule has 0 unspecified atom stereocenters. The van der Waals surface area contributed by atoms with Gasteiger partial charge in [0.25, 0.3) is 0 Å². The van der Waals surface area contributed by atoms with Crippen molar-refractivity contribution in [3.8, 4) is 5.75 Å². The zero-order valence-electron chi connectivity index (χ0n) is 12.9. The quantitative estimate of drug-likeness (QED) is 0.815. The monoisotopic (exact) mass is 350 g/mol. The number of hydrogen-bond acceptors (Lipinski definition) is 3. The van der Waals surface area contributed by atoms with Crippen molar-refractivity contribution in [2.24, 2.45) is 0 Å². The van der Waals surface area contributed by atoms with E-state index in [0.717, 1.165) is 5.56 Å². The summed E-state index contributed by atoms with van der Waals surface area (Å²) in [6.45, 7) is 0.265. The van der Waals surface area contributed by atoms with E-state index >= 15 is 0 Å². The molecule has 7 heteroatoms. The van der Waals surface area contributed by atoms with E-state index in [1.54, 1.807) is 24.3 Å². The highest BCUT2D eigenvalue weighted by atomic mass is 35.5. The summed E-state index contributed by atoms with van der Waals surface area (Å²) >= 11 is 5.95. The summed E-state index contributed by atoms with van der Waals surface area (Å²) in [6, 6.07) is 10.6. The van der Waals surface area contributed by atoms with Gasteiger partial charge in [0.15, 0.2) is 0 Å². The van der Waals surface area contributed by atoms with Gasteiger partial charge in [0.05, 0.1) is 12.1 Å². The third kappa shape index (κ3) is 4.96. The van der Waals surface area contributed by atoms with Crippen molar-refractivity contribution in [3.63, 3.8) is 0 Å². The van der Waals surface area contributed by atoms with Crippen LogP contribution in [0.1, 0.15) is 5.56 Å². The first-order chi connectivity index (χ1) is 11.5. The minimum Gasteiger partial charge on any atom is -0.495 e. The molecule has 2 amide bonds. The molecule has 5 nitrogen and oxygen atoms in total. The summed E-state index contributed by atoms with van der Waals surface area (Å²) in [5.41, 5.74) is 1.25. The lowest BCUT2D eigenvalue weighted by Gasteiger charge is -2.08. The second kappa shape index (κ2) is 8.31. The van der Waals surface area contributed by atoms with Crippen LogP contribution < -0.4 is 15.4 Å². The van der Waals surface area contributed by atoms with Crippen LogP contribution in [-0.4, -0.2) is 25.5 Å². The third-order valence-corrected chi connectivity index (χ3v) is 3.52. The molecule has 0 aliphatic carbocycles. The zero-order valence-corrected chi connectivity index (χ0v) is 13.7. The minimum atomic E-state index is -0.796. The molecular formula is C17H16ClFN2O3. The number of nitrogens with one attached hydrogen (secondary N) is 2. The molecule has 0 atom stereocenters. The smallest absolute Gasteiger partial charge is 0.313 e. The highest BCUT2D eigenvalue weighted by molar-refractivity contribution is 6.40. The summed E-state index contributed by atoms with van der Waals surface area (Å²) < 4.78 is 17.8. The largest absolute Gasteiger partial charge is 0.495 e. The van der Waals surface area contributed by atoms with Crippen molar-refractivity contribution in [1.29, 1.82) is 0 Å². The number of hydrogen-bond donors (Lipinski definition) is 2. The molecule has 2 aromatic rings. The van der Waals surface area contributed by atoms with Crippen LogP contribution in [0.3, 0.4) is 0 Å². The molecule has 0 spiro atoms. The summed E-state index contributed by atoms with van der Waals surface area (Å²) in [5, 5.41) is 5.28. The van der Waals surface area contributed by atoms with E-state index in [9.17, 15) is 14.0 Å². The highest BCUT2D eigenvalue weighted by Gasteiger charge is 2.14. The number of anilines is 1. The van der Waals surface area contributed by atoms with Gasteiger partial charge in [-0.2, -0.15) is 0 Å². The van der Waals surface area contributed by atoms with Crippen molar-refractivity contribution >= 4 is 29.1 Å². The van der Waals surface area contributed by atoms with Gasteiger partial charge in [-0.15, -0.1) is 0 Å². The summed E-state index contributed by atoms with van der Waals surface area (Å²) in [5.74, 6) is -1.40. The minimum absolute atomic E-state index is 0.265. The molecule has 2 rings (SSSR count). The lowest BCUT2D eigenvalue weighted by Crippen LogP contribution is -2.36. The Morgan fingerprint density at radius 2 is 1.83 bits per heavy atom. The van der Waals surface area contributed by atoms with E-state index in [4.69, 9.17) is 16.3 Å². The van der Waals surface area contributed by atoms with Crippen LogP contribution in [0.15, 0.2) is 42.5 Å². The molecule has 24 heavy (non-hydrogen) atoms. The van der Waals surface area contributed by atoms with Gasteiger partial charge >= 0.3 is 11.8 Å². The number of benzene rings is 2. The maximum atomic E-state index is 12.8. The Morgan fingerprint density at radius 1 is 1.12 bits per heavy atom. The average molecular weight is 351 g/mol. The number of carbonyl (C=O) groups is 2. The van der Waals surface area contributed by atoms with Gasteiger partial charge in [-0.1, -0.05) is 23.7 Å². The Labute approximate surface area is 143 Å². The Bertz CT molecular complexity index is 735. The van der Waals surface area contributed by atoms with Crippen LogP contribution >= 0.6 is 11.6 Å². The number of amides is 2. The van der Waals surface area contributed by atoms with Gasteiger partial charge in [0.1, 0.15) is 11.6 Å². The molecule has 0 aliphatic rings. The van der Waals surface area contributed by atoms with Crippen molar-refractivity contribution in [1.82, 2.24) is 5.32 Å². The number of carbonyl (C=O) groups excluding carboxylic acids is 2. The van der Waals surface area contributed by atoms with E-state index in [1.807, 2.05) is 0 Å². The number of halogens is 2. The fraction of sp³-hybridized carbons (Fsp3) is 0.176. The molecule has 2 N–H and O–H groups in total. The van der Waals surface area contributed by atoms with Gasteiger partial charge in [-0.25, -0.2) is 4.39 Å². The van der Waals surface area contributed by atoms with Gasteiger partial charge in [0.2, 0.25) is 0 Å². The second-order valence-corrected chi connectivity index (χ2v) is 5.34. The molecule has 0 saturated heterocycles. The van der Waals surface area contributed by atoms with E-state index in [1.165, 1.54) is 25.3 Å². The molecule has 126 valence electrons. The second-order valence-electron chi connectivity index (χ2n) is 4.94. The lowest BCUT2D eigenvalue weighted by molar-refractivity contribution is -0.136. The maximum Gasteiger partial charge on any atom is 0.313 e. The predicted octanol–water partition coefficient (Wildman–Crippen LogP) is 2.79. The normalized spacial score (nSPS) is 10.1. The number of rotatable bonds is 5. The average Bonchev–Trinajstić information content (AvgIpc) is 2.56. The molecule has 2 aromatic carbocycles. The van der Waals surface area contributed by atoms with Gasteiger partial charge in [-0.05, 0) is 42.3 Å². The molecule has 0 radical (unpaired) electrons. The van der Waals surface area contributed by atoms with Crippen molar-refractivity contribution < 1.29 is 18.7 Å². The fourth-order valence-corrected chi connectivity index (χ4v) is 2.24. The predicted molar refractivity (Wildman–Crippen MR) is 89.7 cm³/mol. The number of ether oxygens (including phenoxy) is 1. The fourth-order valence-electron chi connectivity index (χ4n) is 1.98.